The van der Waals surface area contributed by atoms with Gasteiger partial charge in [-0.25, -0.2) is 0 Å². The summed E-state index contributed by atoms with van der Waals surface area (Å²) in [5, 5.41) is 11.9. The molecule has 0 aliphatic carbocycles. The van der Waals surface area contributed by atoms with E-state index in [4.69, 9.17) is 5.11 Å². The van der Waals surface area contributed by atoms with Gasteiger partial charge in [0.25, 0.3) is 0 Å². The monoisotopic (exact) mass is 402 g/mol. The fourth-order valence-electron chi connectivity index (χ4n) is 4.18. The maximum Gasteiger partial charge on any atom is 0.303 e. The van der Waals surface area contributed by atoms with Gasteiger partial charge in [0.05, 0.1) is 5.69 Å². The minimum Gasteiger partial charge on any atom is -0.481 e. The standard InChI is InChI=1S/C21H30N4O4/c1-16-3-2-10-22-17(16)15-24-11-13-25(14-12-24)19(27)5-8-21(9-6-20(28)29)7-4-18(26)23-21/h2-3,10H,4-9,11-15H2,1H3,(H,23,26)(H,28,29)/t21-/m0/s1. The van der Waals surface area contributed by atoms with Crippen molar-refractivity contribution in [3.8, 4) is 0 Å². The van der Waals surface area contributed by atoms with E-state index in [0.29, 0.717) is 45.2 Å². The highest BCUT2D eigenvalue weighted by Crippen LogP contribution is 2.30. The molecule has 8 nitrogen and oxygen atoms in total. The third-order valence-electron chi connectivity index (χ3n) is 6.09. The molecule has 3 heterocycles. The molecule has 0 bridgehead atoms. The van der Waals surface area contributed by atoms with Crippen LogP contribution in [0, 0.1) is 6.92 Å². The fourth-order valence-corrected chi connectivity index (χ4v) is 4.18. The number of rotatable bonds is 8. The summed E-state index contributed by atoms with van der Waals surface area (Å²) in [6, 6.07) is 4.00. The largest absolute Gasteiger partial charge is 0.481 e. The Morgan fingerprint density at radius 3 is 2.55 bits per heavy atom. The molecule has 2 saturated heterocycles. The van der Waals surface area contributed by atoms with Crippen LogP contribution in [0.4, 0.5) is 0 Å². The van der Waals surface area contributed by atoms with Gasteiger partial charge in [-0.05, 0) is 37.8 Å². The first-order valence-corrected chi connectivity index (χ1v) is 10.3. The highest BCUT2D eigenvalue weighted by Gasteiger charge is 2.38. The molecule has 0 spiro atoms. The Bertz CT molecular complexity index is 761. The molecule has 29 heavy (non-hydrogen) atoms. The molecule has 2 N–H and O–H groups in total. The number of hydrogen-bond acceptors (Lipinski definition) is 5. The lowest BCUT2D eigenvalue weighted by Gasteiger charge is -2.36. The Kier molecular flexibility index (Phi) is 6.84. The summed E-state index contributed by atoms with van der Waals surface area (Å²) in [6.45, 7) is 5.83. The van der Waals surface area contributed by atoms with E-state index in [9.17, 15) is 14.4 Å². The average molecular weight is 402 g/mol. The molecule has 0 saturated carbocycles. The summed E-state index contributed by atoms with van der Waals surface area (Å²) in [6.07, 6.45) is 4.02. The Balaban J connectivity index is 1.47. The van der Waals surface area contributed by atoms with E-state index < -0.39 is 11.5 Å². The van der Waals surface area contributed by atoms with Crippen molar-refractivity contribution in [2.75, 3.05) is 26.2 Å². The van der Waals surface area contributed by atoms with Gasteiger partial charge in [-0.3, -0.25) is 24.3 Å². The van der Waals surface area contributed by atoms with Crippen LogP contribution in [0.2, 0.25) is 0 Å². The number of aromatic nitrogens is 1. The number of carboxylic acids is 1. The predicted molar refractivity (Wildman–Crippen MR) is 107 cm³/mol. The van der Waals surface area contributed by atoms with Gasteiger partial charge in [0.2, 0.25) is 11.8 Å². The maximum atomic E-state index is 12.7. The lowest BCUT2D eigenvalue weighted by Crippen LogP contribution is -2.49. The molecule has 1 aromatic heterocycles. The number of pyridine rings is 1. The van der Waals surface area contributed by atoms with Crippen molar-refractivity contribution in [2.24, 2.45) is 0 Å². The zero-order chi connectivity index (χ0) is 20.9. The lowest BCUT2D eigenvalue weighted by atomic mass is 9.86. The molecule has 0 unspecified atom stereocenters. The molecular weight excluding hydrogens is 372 g/mol. The quantitative estimate of drug-likeness (QED) is 0.680. The SMILES string of the molecule is Cc1cccnc1CN1CCN(C(=O)CC[C@]2(CCC(=O)O)CCC(=O)N2)CC1. The summed E-state index contributed by atoms with van der Waals surface area (Å²) < 4.78 is 0. The normalized spacial score (nSPS) is 22.5. The van der Waals surface area contributed by atoms with E-state index in [1.54, 1.807) is 0 Å². The van der Waals surface area contributed by atoms with Gasteiger partial charge in [-0.2, -0.15) is 0 Å². The van der Waals surface area contributed by atoms with Crippen molar-refractivity contribution >= 4 is 17.8 Å². The first kappa shape index (κ1) is 21.2. The van der Waals surface area contributed by atoms with E-state index in [1.807, 2.05) is 17.2 Å². The Hall–Kier alpha value is -2.48. The number of nitrogens with one attached hydrogen (secondary N) is 1. The second-order valence-corrected chi connectivity index (χ2v) is 8.15. The van der Waals surface area contributed by atoms with E-state index >= 15 is 0 Å². The summed E-state index contributed by atoms with van der Waals surface area (Å²) in [4.78, 5) is 44.0. The molecular formula is C21H30N4O4. The number of aliphatic carboxylic acids is 1. The molecule has 2 amide bonds. The number of carbonyl (C=O) groups excluding carboxylic acids is 2. The van der Waals surface area contributed by atoms with Crippen LogP contribution in [0.5, 0.6) is 0 Å². The van der Waals surface area contributed by atoms with Crippen LogP contribution in [0.1, 0.15) is 49.8 Å². The van der Waals surface area contributed by atoms with Crippen molar-refractivity contribution in [1.82, 2.24) is 20.1 Å². The molecule has 8 heteroatoms. The second-order valence-electron chi connectivity index (χ2n) is 8.15. The molecule has 1 atom stereocenters. The minimum absolute atomic E-state index is 0.0000823. The Morgan fingerprint density at radius 2 is 1.93 bits per heavy atom. The minimum atomic E-state index is -0.879. The zero-order valence-electron chi connectivity index (χ0n) is 17.0. The molecule has 2 fully saturated rings. The van der Waals surface area contributed by atoms with Crippen molar-refractivity contribution in [3.05, 3.63) is 29.6 Å². The van der Waals surface area contributed by atoms with Crippen molar-refractivity contribution in [3.63, 3.8) is 0 Å². The maximum absolute atomic E-state index is 12.7. The highest BCUT2D eigenvalue weighted by molar-refractivity contribution is 5.80. The summed E-state index contributed by atoms with van der Waals surface area (Å²) in [5.41, 5.74) is 1.70. The Morgan fingerprint density at radius 1 is 1.21 bits per heavy atom. The molecule has 0 radical (unpaired) electrons. The summed E-state index contributed by atoms with van der Waals surface area (Å²) in [7, 11) is 0. The third kappa shape index (κ3) is 5.76. The average Bonchev–Trinajstić information content (AvgIpc) is 3.08. The van der Waals surface area contributed by atoms with Crippen LogP contribution in [0.15, 0.2) is 18.3 Å². The summed E-state index contributed by atoms with van der Waals surface area (Å²) in [5.74, 6) is -0.855. The predicted octanol–water partition coefficient (Wildman–Crippen LogP) is 1.33. The number of piperazine rings is 1. The molecule has 1 aromatic rings. The molecule has 2 aliphatic heterocycles. The molecule has 0 aromatic carbocycles. The number of carbonyl (C=O) groups is 3. The zero-order valence-corrected chi connectivity index (χ0v) is 17.0. The lowest BCUT2D eigenvalue weighted by molar-refractivity contribution is -0.137. The van der Waals surface area contributed by atoms with E-state index in [-0.39, 0.29) is 18.2 Å². The smallest absolute Gasteiger partial charge is 0.303 e. The van der Waals surface area contributed by atoms with Crippen LogP contribution >= 0.6 is 0 Å². The van der Waals surface area contributed by atoms with E-state index in [1.165, 1.54) is 5.56 Å². The van der Waals surface area contributed by atoms with Crippen LogP contribution in [0.3, 0.4) is 0 Å². The van der Waals surface area contributed by atoms with Gasteiger partial charge in [-0.1, -0.05) is 6.07 Å². The van der Waals surface area contributed by atoms with Gasteiger partial charge < -0.3 is 15.3 Å². The third-order valence-corrected chi connectivity index (χ3v) is 6.09. The van der Waals surface area contributed by atoms with Crippen molar-refractivity contribution in [2.45, 2.75) is 57.5 Å². The van der Waals surface area contributed by atoms with Crippen LogP contribution in [0.25, 0.3) is 0 Å². The number of amides is 2. The van der Waals surface area contributed by atoms with Crippen molar-refractivity contribution in [1.29, 1.82) is 0 Å². The van der Waals surface area contributed by atoms with Gasteiger partial charge in [0.15, 0.2) is 0 Å². The fraction of sp³-hybridized carbons (Fsp3) is 0.619. The number of carboxylic acid groups (broad SMARTS) is 1. The second kappa shape index (κ2) is 9.35. The van der Waals surface area contributed by atoms with Gasteiger partial charge in [0.1, 0.15) is 0 Å². The Labute approximate surface area is 171 Å². The van der Waals surface area contributed by atoms with Gasteiger partial charge in [-0.15, -0.1) is 0 Å². The summed E-state index contributed by atoms with van der Waals surface area (Å²) >= 11 is 0. The molecule has 3 rings (SSSR count). The van der Waals surface area contributed by atoms with E-state index in [0.717, 1.165) is 25.3 Å². The van der Waals surface area contributed by atoms with Gasteiger partial charge in [0, 0.05) is 63.7 Å². The molecule has 2 aliphatic rings. The van der Waals surface area contributed by atoms with Crippen LogP contribution in [-0.4, -0.2) is 69.4 Å². The highest BCUT2D eigenvalue weighted by atomic mass is 16.4. The topological polar surface area (TPSA) is 103 Å². The number of aryl methyl sites for hydroxylation is 1. The van der Waals surface area contributed by atoms with Crippen LogP contribution in [-0.2, 0) is 20.9 Å². The first-order chi connectivity index (χ1) is 13.9. The first-order valence-electron chi connectivity index (χ1n) is 10.3. The van der Waals surface area contributed by atoms with Crippen molar-refractivity contribution < 1.29 is 19.5 Å². The number of nitrogens with zero attached hydrogens (tertiary/aromatic N) is 3. The van der Waals surface area contributed by atoms with Crippen LogP contribution < -0.4 is 5.32 Å². The molecule has 158 valence electrons. The number of hydrogen-bond donors (Lipinski definition) is 2. The van der Waals surface area contributed by atoms with Gasteiger partial charge >= 0.3 is 5.97 Å². The van der Waals surface area contributed by atoms with E-state index in [2.05, 4.69) is 28.2 Å².